The summed E-state index contributed by atoms with van der Waals surface area (Å²) in [6, 6.07) is 13.3. The third-order valence-electron chi connectivity index (χ3n) is 3.76. The number of fused-ring (bicyclic) bond motifs is 1. The summed E-state index contributed by atoms with van der Waals surface area (Å²) in [6.07, 6.45) is 0.835. The van der Waals surface area contributed by atoms with E-state index in [1.54, 1.807) is 42.6 Å². The number of carbonyl (C=O) groups is 1. The first-order chi connectivity index (χ1) is 11.1. The van der Waals surface area contributed by atoms with Gasteiger partial charge < -0.3 is 10.5 Å². The smallest absolute Gasteiger partial charge is 0.249 e. The number of nitrogens with zero attached hydrogens (tertiary/aromatic N) is 1. The van der Waals surface area contributed by atoms with Crippen molar-refractivity contribution in [1.82, 2.24) is 4.98 Å². The van der Waals surface area contributed by atoms with Crippen molar-refractivity contribution in [3.8, 4) is 0 Å². The van der Waals surface area contributed by atoms with Gasteiger partial charge in [0.15, 0.2) is 0 Å². The molecule has 2 N–H and O–H groups in total. The Morgan fingerprint density at radius 2 is 1.96 bits per heavy atom. The Bertz CT molecular complexity index is 880. The number of aromatic nitrogens is 1. The van der Waals surface area contributed by atoms with Crippen molar-refractivity contribution < 1.29 is 13.9 Å². The number of methoxy groups -OCH3 is 1. The minimum absolute atomic E-state index is 0.270. The highest BCUT2D eigenvalue weighted by Gasteiger charge is 2.25. The van der Waals surface area contributed by atoms with Crippen molar-refractivity contribution in [3.63, 3.8) is 0 Å². The maximum absolute atomic E-state index is 14.2. The van der Waals surface area contributed by atoms with E-state index < -0.39 is 17.8 Å². The van der Waals surface area contributed by atoms with E-state index in [1.165, 1.54) is 13.2 Å². The first-order valence-corrected chi connectivity index (χ1v) is 7.08. The molecule has 5 heteroatoms. The van der Waals surface area contributed by atoms with Gasteiger partial charge in [0.25, 0.3) is 0 Å². The van der Waals surface area contributed by atoms with Crippen LogP contribution in [0.5, 0.6) is 0 Å². The van der Waals surface area contributed by atoms with E-state index in [-0.39, 0.29) is 5.56 Å². The fourth-order valence-electron chi connectivity index (χ4n) is 2.74. The summed E-state index contributed by atoms with van der Waals surface area (Å²) in [7, 11) is 1.46. The van der Waals surface area contributed by atoms with Gasteiger partial charge >= 0.3 is 0 Å². The number of primary amides is 1. The van der Waals surface area contributed by atoms with Gasteiger partial charge in [0.1, 0.15) is 11.9 Å². The van der Waals surface area contributed by atoms with Gasteiger partial charge in [-0.1, -0.05) is 30.3 Å². The molecule has 116 valence electrons. The highest BCUT2D eigenvalue weighted by atomic mass is 19.1. The van der Waals surface area contributed by atoms with Gasteiger partial charge in [0, 0.05) is 35.4 Å². The minimum atomic E-state index is -0.780. The molecule has 23 heavy (non-hydrogen) atoms. The fraction of sp³-hybridized carbons (Fsp3) is 0.111. The Morgan fingerprint density at radius 1 is 1.17 bits per heavy atom. The van der Waals surface area contributed by atoms with Gasteiger partial charge in [-0.15, -0.1) is 0 Å². The number of nitrogens with two attached hydrogens (primary N) is 1. The standard InChI is InChI=1S/C18H15FN2O2/c1-23-17(12-6-2-3-7-14(12)19)15-13(18(20)22)9-8-11-5-4-10-21-16(11)15/h2-10,17H,1H3,(H2,20,22). The Kier molecular flexibility index (Phi) is 4.04. The first-order valence-electron chi connectivity index (χ1n) is 7.08. The Balaban J connectivity index is 2.34. The topological polar surface area (TPSA) is 65.2 Å². The molecule has 0 aliphatic carbocycles. The van der Waals surface area contributed by atoms with Crippen molar-refractivity contribution in [2.75, 3.05) is 7.11 Å². The van der Waals surface area contributed by atoms with E-state index >= 15 is 0 Å². The summed E-state index contributed by atoms with van der Waals surface area (Å²) < 4.78 is 19.7. The summed E-state index contributed by atoms with van der Waals surface area (Å²) in [6.45, 7) is 0. The van der Waals surface area contributed by atoms with Crippen molar-refractivity contribution in [3.05, 3.63) is 77.2 Å². The quantitative estimate of drug-likeness (QED) is 0.804. The monoisotopic (exact) mass is 310 g/mol. The molecule has 1 heterocycles. The molecule has 3 rings (SSSR count). The number of carbonyl (C=O) groups excluding carboxylic acids is 1. The van der Waals surface area contributed by atoms with E-state index in [0.29, 0.717) is 16.6 Å². The zero-order valence-electron chi connectivity index (χ0n) is 12.5. The van der Waals surface area contributed by atoms with Crippen molar-refractivity contribution in [1.29, 1.82) is 0 Å². The van der Waals surface area contributed by atoms with Gasteiger partial charge in [-0.2, -0.15) is 0 Å². The highest BCUT2D eigenvalue weighted by Crippen LogP contribution is 2.34. The maximum atomic E-state index is 14.2. The summed E-state index contributed by atoms with van der Waals surface area (Å²) in [5, 5.41) is 0.825. The molecule has 0 spiro atoms. The lowest BCUT2D eigenvalue weighted by Gasteiger charge is -2.20. The number of hydrogen-bond acceptors (Lipinski definition) is 3. The van der Waals surface area contributed by atoms with E-state index in [4.69, 9.17) is 10.5 Å². The van der Waals surface area contributed by atoms with Crippen LogP contribution < -0.4 is 5.73 Å². The van der Waals surface area contributed by atoms with Gasteiger partial charge in [0.05, 0.1) is 5.52 Å². The van der Waals surface area contributed by atoms with Crippen LogP contribution in [0, 0.1) is 5.82 Å². The number of ether oxygens (including phenoxy) is 1. The maximum Gasteiger partial charge on any atom is 0.249 e. The predicted octanol–water partition coefficient (Wildman–Crippen LogP) is 3.21. The molecule has 2 aromatic carbocycles. The zero-order chi connectivity index (χ0) is 16.4. The second kappa shape index (κ2) is 6.14. The summed E-state index contributed by atoms with van der Waals surface area (Å²) in [4.78, 5) is 16.2. The molecule has 0 bridgehead atoms. The number of hydrogen-bond donors (Lipinski definition) is 1. The molecule has 0 fully saturated rings. The lowest BCUT2D eigenvalue weighted by atomic mass is 9.93. The highest BCUT2D eigenvalue weighted by molar-refractivity contribution is 6.00. The first kappa shape index (κ1) is 15.1. The van der Waals surface area contributed by atoms with Crippen LogP contribution in [0.3, 0.4) is 0 Å². The average molecular weight is 310 g/mol. The third kappa shape index (κ3) is 2.66. The van der Waals surface area contributed by atoms with E-state index in [0.717, 1.165) is 5.39 Å². The average Bonchev–Trinajstić information content (AvgIpc) is 2.57. The second-order valence-electron chi connectivity index (χ2n) is 5.10. The van der Waals surface area contributed by atoms with Crippen molar-refractivity contribution in [2.24, 2.45) is 5.73 Å². The molecule has 3 aromatic rings. The van der Waals surface area contributed by atoms with Gasteiger partial charge in [-0.05, 0) is 18.2 Å². The molecule has 0 aliphatic rings. The van der Waals surface area contributed by atoms with E-state index in [9.17, 15) is 9.18 Å². The van der Waals surface area contributed by atoms with Crippen molar-refractivity contribution >= 4 is 16.8 Å². The Labute approximate surface area is 132 Å². The van der Waals surface area contributed by atoms with Gasteiger partial charge in [-0.25, -0.2) is 4.39 Å². The number of benzene rings is 2. The molecule has 0 saturated carbocycles. The zero-order valence-corrected chi connectivity index (χ0v) is 12.5. The molecule has 1 atom stereocenters. The molecule has 0 radical (unpaired) electrons. The molecular weight excluding hydrogens is 295 g/mol. The van der Waals surface area contributed by atoms with Crippen LogP contribution in [-0.2, 0) is 4.74 Å². The molecule has 4 nitrogen and oxygen atoms in total. The number of halogens is 1. The van der Waals surface area contributed by atoms with Crippen LogP contribution in [0.25, 0.3) is 10.9 Å². The van der Waals surface area contributed by atoms with Gasteiger partial charge in [0.2, 0.25) is 5.91 Å². The van der Waals surface area contributed by atoms with Crippen molar-refractivity contribution in [2.45, 2.75) is 6.10 Å². The molecule has 1 amide bonds. The fourth-order valence-corrected chi connectivity index (χ4v) is 2.74. The predicted molar refractivity (Wildman–Crippen MR) is 85.5 cm³/mol. The third-order valence-corrected chi connectivity index (χ3v) is 3.76. The Hall–Kier alpha value is -2.79. The van der Waals surface area contributed by atoms with Crippen LogP contribution in [0.2, 0.25) is 0 Å². The SMILES string of the molecule is COC(c1ccccc1F)c1c(C(N)=O)ccc2cccnc12. The largest absolute Gasteiger partial charge is 0.372 e. The van der Waals surface area contributed by atoms with Crippen LogP contribution in [-0.4, -0.2) is 18.0 Å². The molecular formula is C18H15FN2O2. The molecule has 1 unspecified atom stereocenters. The Morgan fingerprint density at radius 3 is 2.65 bits per heavy atom. The summed E-state index contributed by atoms with van der Waals surface area (Å²) >= 11 is 0. The number of pyridine rings is 1. The van der Waals surface area contributed by atoms with Crippen LogP contribution in [0.15, 0.2) is 54.7 Å². The summed E-state index contributed by atoms with van der Waals surface area (Å²) in [5.41, 5.74) is 7.14. The van der Waals surface area contributed by atoms with Crippen LogP contribution >= 0.6 is 0 Å². The van der Waals surface area contributed by atoms with E-state index in [2.05, 4.69) is 4.98 Å². The van der Waals surface area contributed by atoms with E-state index in [1.807, 2.05) is 6.07 Å². The van der Waals surface area contributed by atoms with Gasteiger partial charge in [-0.3, -0.25) is 9.78 Å². The van der Waals surface area contributed by atoms with Crippen LogP contribution in [0.1, 0.15) is 27.6 Å². The lowest BCUT2D eigenvalue weighted by Crippen LogP contribution is -2.18. The minimum Gasteiger partial charge on any atom is -0.372 e. The van der Waals surface area contributed by atoms with Crippen LogP contribution in [0.4, 0.5) is 4.39 Å². The molecule has 0 saturated heterocycles. The number of amides is 1. The second-order valence-corrected chi connectivity index (χ2v) is 5.10. The molecule has 1 aromatic heterocycles. The normalized spacial score (nSPS) is 12.3. The lowest BCUT2D eigenvalue weighted by molar-refractivity contribution is 0.0987. The number of rotatable bonds is 4. The summed E-state index contributed by atoms with van der Waals surface area (Å²) in [5.74, 6) is -1.02. The molecule has 0 aliphatic heterocycles.